The topological polar surface area (TPSA) is 49.3 Å². The molecule has 6 heteroatoms. The fraction of sp³-hybridized carbons (Fsp3) is 0.421. The summed E-state index contributed by atoms with van der Waals surface area (Å²) in [6, 6.07) is 8.99. The van der Waals surface area contributed by atoms with E-state index < -0.39 is 0 Å². The first kappa shape index (κ1) is 17.7. The monoisotopic (exact) mass is 358 g/mol. The number of amides is 1. The number of carbonyl (C=O) groups excluding carboxylic acids is 1. The number of anilines is 1. The largest absolute Gasteiger partial charge is 0.353 e. The first-order chi connectivity index (χ1) is 11.8. The predicted molar refractivity (Wildman–Crippen MR) is 100 cm³/mol. The van der Waals surface area contributed by atoms with Crippen LogP contribution in [0.3, 0.4) is 0 Å². The van der Waals surface area contributed by atoms with Crippen LogP contribution in [0.15, 0.2) is 36.5 Å². The standard InChI is InChI=1S/C19H23ClN4O/c1-19(2,3)18-21-9-8-16(22-18)23-10-12-24(13-11-23)17(25)14-4-6-15(20)7-5-14/h4-9H,10-13H2,1-3H3. The van der Waals surface area contributed by atoms with E-state index in [0.717, 1.165) is 24.7 Å². The zero-order chi connectivity index (χ0) is 18.0. The Kier molecular flexibility index (Phi) is 4.95. The van der Waals surface area contributed by atoms with Gasteiger partial charge in [-0.25, -0.2) is 9.97 Å². The van der Waals surface area contributed by atoms with E-state index in [-0.39, 0.29) is 11.3 Å². The molecule has 0 radical (unpaired) electrons. The Hall–Kier alpha value is -2.14. The van der Waals surface area contributed by atoms with Gasteiger partial charge in [-0.3, -0.25) is 4.79 Å². The molecule has 0 aliphatic carbocycles. The van der Waals surface area contributed by atoms with E-state index in [2.05, 4.69) is 30.7 Å². The maximum Gasteiger partial charge on any atom is 0.253 e. The van der Waals surface area contributed by atoms with E-state index in [1.807, 2.05) is 17.2 Å². The second-order valence-corrected chi connectivity index (χ2v) is 7.71. The molecule has 25 heavy (non-hydrogen) atoms. The lowest BCUT2D eigenvalue weighted by Gasteiger charge is -2.35. The number of aromatic nitrogens is 2. The molecule has 0 spiro atoms. The molecule has 1 aliphatic heterocycles. The fourth-order valence-corrected chi connectivity index (χ4v) is 2.93. The highest BCUT2D eigenvalue weighted by molar-refractivity contribution is 6.30. The molecular weight excluding hydrogens is 336 g/mol. The minimum absolute atomic E-state index is 0.0504. The van der Waals surface area contributed by atoms with Crippen LogP contribution in [-0.4, -0.2) is 47.0 Å². The van der Waals surface area contributed by atoms with Crippen LogP contribution in [0.5, 0.6) is 0 Å². The van der Waals surface area contributed by atoms with Crippen LogP contribution in [0.4, 0.5) is 5.82 Å². The Balaban J connectivity index is 1.66. The van der Waals surface area contributed by atoms with Crippen LogP contribution in [-0.2, 0) is 5.41 Å². The van der Waals surface area contributed by atoms with Gasteiger partial charge in [-0.05, 0) is 30.3 Å². The fourth-order valence-electron chi connectivity index (χ4n) is 2.80. The van der Waals surface area contributed by atoms with Crippen molar-refractivity contribution in [2.45, 2.75) is 26.2 Å². The Morgan fingerprint density at radius 3 is 2.28 bits per heavy atom. The van der Waals surface area contributed by atoms with Gasteiger partial charge >= 0.3 is 0 Å². The molecule has 1 amide bonds. The molecule has 5 nitrogen and oxygen atoms in total. The second-order valence-electron chi connectivity index (χ2n) is 7.27. The maximum absolute atomic E-state index is 12.6. The number of halogens is 1. The molecule has 0 atom stereocenters. The highest BCUT2D eigenvalue weighted by Crippen LogP contribution is 2.21. The number of carbonyl (C=O) groups is 1. The average molecular weight is 359 g/mol. The summed E-state index contributed by atoms with van der Waals surface area (Å²) in [5, 5.41) is 0.639. The molecule has 0 bridgehead atoms. The molecule has 0 saturated carbocycles. The highest BCUT2D eigenvalue weighted by Gasteiger charge is 2.24. The Morgan fingerprint density at radius 2 is 1.68 bits per heavy atom. The van der Waals surface area contributed by atoms with Gasteiger partial charge < -0.3 is 9.80 Å². The molecule has 1 aliphatic rings. The number of piperazine rings is 1. The molecule has 2 heterocycles. The zero-order valence-electron chi connectivity index (χ0n) is 14.9. The van der Waals surface area contributed by atoms with Gasteiger partial charge in [-0.1, -0.05) is 32.4 Å². The lowest BCUT2D eigenvalue weighted by atomic mass is 9.96. The predicted octanol–water partition coefficient (Wildman–Crippen LogP) is 3.39. The molecule has 1 saturated heterocycles. The molecule has 0 unspecified atom stereocenters. The van der Waals surface area contributed by atoms with Gasteiger partial charge in [-0.15, -0.1) is 0 Å². The third-order valence-corrected chi connectivity index (χ3v) is 4.55. The molecule has 0 N–H and O–H groups in total. The number of hydrogen-bond acceptors (Lipinski definition) is 4. The number of rotatable bonds is 2. The van der Waals surface area contributed by atoms with Crippen molar-refractivity contribution in [3.8, 4) is 0 Å². The zero-order valence-corrected chi connectivity index (χ0v) is 15.6. The first-order valence-corrected chi connectivity index (χ1v) is 8.86. The van der Waals surface area contributed by atoms with Crippen LogP contribution in [0.25, 0.3) is 0 Å². The van der Waals surface area contributed by atoms with E-state index >= 15 is 0 Å². The van der Waals surface area contributed by atoms with Crippen LogP contribution >= 0.6 is 11.6 Å². The van der Waals surface area contributed by atoms with Gasteiger partial charge in [-0.2, -0.15) is 0 Å². The van der Waals surface area contributed by atoms with Crippen LogP contribution in [0.2, 0.25) is 5.02 Å². The molecular formula is C19H23ClN4O. The van der Waals surface area contributed by atoms with E-state index in [0.29, 0.717) is 23.7 Å². The van der Waals surface area contributed by atoms with Crippen molar-refractivity contribution in [3.05, 3.63) is 52.9 Å². The summed E-state index contributed by atoms with van der Waals surface area (Å²) < 4.78 is 0. The summed E-state index contributed by atoms with van der Waals surface area (Å²) in [7, 11) is 0. The summed E-state index contributed by atoms with van der Waals surface area (Å²) in [6.45, 7) is 9.20. The third kappa shape index (κ3) is 4.10. The van der Waals surface area contributed by atoms with Crippen molar-refractivity contribution in [2.24, 2.45) is 0 Å². The number of nitrogens with zero attached hydrogens (tertiary/aromatic N) is 4. The third-order valence-electron chi connectivity index (χ3n) is 4.29. The van der Waals surface area contributed by atoms with Gasteiger partial charge in [0.15, 0.2) is 0 Å². The lowest BCUT2D eigenvalue weighted by molar-refractivity contribution is 0.0746. The molecule has 3 rings (SSSR count). The van der Waals surface area contributed by atoms with E-state index in [1.54, 1.807) is 24.3 Å². The van der Waals surface area contributed by atoms with E-state index in [9.17, 15) is 4.79 Å². The van der Waals surface area contributed by atoms with Gasteiger partial charge in [0.2, 0.25) is 0 Å². The summed E-state index contributed by atoms with van der Waals surface area (Å²) in [4.78, 5) is 25.8. The number of benzene rings is 1. The quantitative estimate of drug-likeness (QED) is 0.825. The molecule has 1 aromatic carbocycles. The van der Waals surface area contributed by atoms with Crippen molar-refractivity contribution in [1.29, 1.82) is 0 Å². The molecule has 132 valence electrons. The van der Waals surface area contributed by atoms with Crippen molar-refractivity contribution in [2.75, 3.05) is 31.1 Å². The maximum atomic E-state index is 12.6. The van der Waals surface area contributed by atoms with Gasteiger partial charge in [0.1, 0.15) is 11.6 Å². The first-order valence-electron chi connectivity index (χ1n) is 8.48. The molecule has 1 fully saturated rings. The van der Waals surface area contributed by atoms with Gasteiger partial charge in [0, 0.05) is 48.4 Å². The Labute approximate surface area is 153 Å². The normalized spacial score (nSPS) is 15.4. The smallest absolute Gasteiger partial charge is 0.253 e. The number of hydrogen-bond donors (Lipinski definition) is 0. The minimum Gasteiger partial charge on any atom is -0.353 e. The van der Waals surface area contributed by atoms with Crippen molar-refractivity contribution in [1.82, 2.24) is 14.9 Å². The Morgan fingerprint density at radius 1 is 1.04 bits per heavy atom. The van der Waals surface area contributed by atoms with E-state index in [1.165, 1.54) is 0 Å². The Bertz CT molecular complexity index is 747. The minimum atomic E-state index is -0.0810. The molecule has 1 aromatic heterocycles. The van der Waals surface area contributed by atoms with Crippen LogP contribution in [0.1, 0.15) is 37.0 Å². The summed E-state index contributed by atoms with van der Waals surface area (Å²) >= 11 is 5.89. The van der Waals surface area contributed by atoms with Crippen LogP contribution in [0, 0.1) is 0 Å². The van der Waals surface area contributed by atoms with E-state index in [4.69, 9.17) is 16.6 Å². The van der Waals surface area contributed by atoms with Crippen LogP contribution < -0.4 is 4.90 Å². The van der Waals surface area contributed by atoms with Crippen molar-refractivity contribution in [3.63, 3.8) is 0 Å². The van der Waals surface area contributed by atoms with Gasteiger partial charge in [0.05, 0.1) is 0 Å². The summed E-state index contributed by atoms with van der Waals surface area (Å²) in [5.41, 5.74) is 0.595. The SMILES string of the molecule is CC(C)(C)c1nccc(N2CCN(C(=O)c3ccc(Cl)cc3)CC2)n1. The summed E-state index contributed by atoms with van der Waals surface area (Å²) in [6.07, 6.45) is 1.81. The summed E-state index contributed by atoms with van der Waals surface area (Å²) in [5.74, 6) is 1.82. The second kappa shape index (κ2) is 7.00. The average Bonchev–Trinajstić information content (AvgIpc) is 2.61. The highest BCUT2D eigenvalue weighted by atomic mass is 35.5. The van der Waals surface area contributed by atoms with Crippen molar-refractivity contribution < 1.29 is 4.79 Å². The van der Waals surface area contributed by atoms with Gasteiger partial charge in [0.25, 0.3) is 5.91 Å². The lowest BCUT2D eigenvalue weighted by Crippen LogP contribution is -2.49. The molecule has 2 aromatic rings. The van der Waals surface area contributed by atoms with Crippen molar-refractivity contribution >= 4 is 23.3 Å².